The third-order valence-corrected chi connectivity index (χ3v) is 8.60. The molecule has 1 fully saturated rings. The van der Waals surface area contributed by atoms with Crippen LogP contribution in [0.4, 0.5) is 4.79 Å². The van der Waals surface area contributed by atoms with Crippen molar-refractivity contribution in [3.05, 3.63) is 106 Å². The van der Waals surface area contributed by atoms with Gasteiger partial charge >= 0.3 is 18.0 Å². The van der Waals surface area contributed by atoms with Gasteiger partial charge in [-0.25, -0.2) is 9.59 Å². The van der Waals surface area contributed by atoms with Crippen LogP contribution in [0, 0.1) is 5.92 Å². The Labute approximate surface area is 306 Å². The minimum Gasteiger partial charge on any atom is -0.480 e. The third kappa shape index (κ3) is 12.4. The van der Waals surface area contributed by atoms with E-state index in [4.69, 9.17) is 33.0 Å². The lowest BCUT2D eigenvalue weighted by Gasteiger charge is -2.27. The highest BCUT2D eigenvalue weighted by atomic mass is 35.5. The highest BCUT2D eigenvalue weighted by Gasteiger charge is 2.37. The number of carboxylic acid groups (broad SMARTS) is 2. The van der Waals surface area contributed by atoms with Gasteiger partial charge in [0.1, 0.15) is 36.9 Å². The maximum Gasteiger partial charge on any atom is 0.410 e. The summed E-state index contributed by atoms with van der Waals surface area (Å²) in [6.45, 7) is 4.30. The lowest BCUT2D eigenvalue weighted by Crippen LogP contribution is -2.56. The number of hydrogen-bond acceptors (Lipinski definition) is 7. The molecule has 0 saturated carbocycles. The van der Waals surface area contributed by atoms with E-state index in [1.54, 1.807) is 30.3 Å². The van der Waals surface area contributed by atoms with Gasteiger partial charge in [-0.05, 0) is 48.4 Å². The number of rotatable bonds is 14. The topological polar surface area (TPSA) is 179 Å². The lowest BCUT2D eigenvalue weighted by molar-refractivity contribution is -0.142. The minimum atomic E-state index is -1.31. The molecule has 1 saturated heterocycles. The third-order valence-electron chi connectivity index (χ3n) is 7.95. The van der Waals surface area contributed by atoms with Crippen molar-refractivity contribution >= 4 is 59.3 Å². The van der Waals surface area contributed by atoms with Crippen molar-refractivity contribution in [2.75, 3.05) is 6.54 Å². The van der Waals surface area contributed by atoms with Gasteiger partial charge in [-0.15, -0.1) is 0 Å². The van der Waals surface area contributed by atoms with Crippen molar-refractivity contribution in [2.45, 2.75) is 70.2 Å². The number of ether oxygens (including phenoxy) is 1. The second-order valence-corrected chi connectivity index (χ2v) is 13.1. The second-order valence-electron chi connectivity index (χ2n) is 12.3. The normalized spacial score (nSPS) is 15.4. The van der Waals surface area contributed by atoms with Gasteiger partial charge in [-0.2, -0.15) is 0 Å². The van der Waals surface area contributed by atoms with E-state index in [0.717, 1.165) is 11.1 Å². The summed E-state index contributed by atoms with van der Waals surface area (Å²) < 4.78 is 5.41. The predicted octanol–water partition coefficient (Wildman–Crippen LogP) is 5.49. The highest BCUT2D eigenvalue weighted by Crippen LogP contribution is 2.30. The predicted molar refractivity (Wildman–Crippen MR) is 190 cm³/mol. The maximum atomic E-state index is 13.2. The van der Waals surface area contributed by atoms with E-state index in [1.807, 2.05) is 50.2 Å². The smallest absolute Gasteiger partial charge is 0.410 e. The number of carboxylic acids is 2. The van der Waals surface area contributed by atoms with Gasteiger partial charge in [0.05, 0.1) is 0 Å². The van der Waals surface area contributed by atoms with Crippen molar-refractivity contribution in [1.29, 1.82) is 0 Å². The Hall–Kier alpha value is -4.94. The Morgan fingerprint density at radius 2 is 1.43 bits per heavy atom. The number of nitrogens with one attached hydrogen (secondary N) is 2. The number of likely N-dealkylation sites (tertiary alicyclic amines) is 1. The molecule has 0 spiro atoms. The molecule has 272 valence electrons. The summed E-state index contributed by atoms with van der Waals surface area (Å²) in [4.78, 5) is 73.5. The monoisotopic (exact) mass is 741 g/mol. The van der Waals surface area contributed by atoms with Crippen LogP contribution in [0.3, 0.4) is 0 Å². The van der Waals surface area contributed by atoms with Crippen LogP contribution in [0.15, 0.2) is 78.9 Å². The van der Waals surface area contributed by atoms with E-state index < -0.39 is 53.9 Å². The van der Waals surface area contributed by atoms with Crippen LogP contribution < -0.4 is 10.6 Å². The summed E-state index contributed by atoms with van der Waals surface area (Å²) in [5.41, 5.74) is 1.75. The Morgan fingerprint density at radius 1 is 0.843 bits per heavy atom. The number of halogens is 2. The molecule has 0 aliphatic carbocycles. The average Bonchev–Trinajstić information content (AvgIpc) is 3.60. The van der Waals surface area contributed by atoms with E-state index in [-0.39, 0.29) is 34.6 Å². The first kappa shape index (κ1) is 40.5. The number of hydrogen-bond donors (Lipinski definition) is 4. The molecule has 4 atom stereocenters. The summed E-state index contributed by atoms with van der Waals surface area (Å²) in [5, 5.41) is 24.1. The first-order chi connectivity index (χ1) is 24.3. The largest absolute Gasteiger partial charge is 0.480 e. The summed E-state index contributed by atoms with van der Waals surface area (Å²) in [6, 6.07) is 20.0. The van der Waals surface area contributed by atoms with Crippen LogP contribution in [-0.4, -0.2) is 75.9 Å². The highest BCUT2D eigenvalue weighted by molar-refractivity contribution is 6.36. The van der Waals surface area contributed by atoms with Crippen LogP contribution in [-0.2, 0) is 41.7 Å². The van der Waals surface area contributed by atoms with Gasteiger partial charge in [0.2, 0.25) is 11.8 Å². The average molecular weight is 743 g/mol. The van der Waals surface area contributed by atoms with E-state index in [1.165, 1.54) is 17.0 Å². The fourth-order valence-corrected chi connectivity index (χ4v) is 6.04. The fraction of sp³-hybridized carbons (Fsp3) is 0.351. The standard InChI is InChI=1S/C28H35N3O6.C9H6Cl2O3/c1-19(2)16-22(25(32)30-23(27(34)35)17-20-10-5-3-6-11-20)29-26(33)24-14-9-15-31(24)28(36)37-18-21-12-7-4-8-13-21;10-6-2-1-3-7(11)8(6)5(4-12)9(13)14/h3-8,10-13,19,22-24H,9,14-18H2,1-2H3,(H,29,33)(H,30,32)(H,34,35);1-5H,(H,13,14)/t22-,23-,24-;/m0./s1. The molecule has 1 aliphatic heterocycles. The number of carbonyl (C=O) groups excluding carboxylic acids is 4. The van der Waals surface area contributed by atoms with Crippen LogP contribution >= 0.6 is 23.2 Å². The van der Waals surface area contributed by atoms with Gasteiger partial charge in [0, 0.05) is 28.6 Å². The van der Waals surface area contributed by atoms with E-state index in [0.29, 0.717) is 32.1 Å². The molecule has 3 aromatic carbocycles. The van der Waals surface area contributed by atoms with Crippen molar-refractivity contribution in [1.82, 2.24) is 15.5 Å². The molecule has 1 heterocycles. The first-order valence-electron chi connectivity index (χ1n) is 16.3. The van der Waals surface area contributed by atoms with Crippen LogP contribution in [0.5, 0.6) is 0 Å². The zero-order chi connectivity index (χ0) is 37.5. The van der Waals surface area contributed by atoms with Gasteiger partial charge in [-0.3, -0.25) is 19.3 Å². The molecule has 51 heavy (non-hydrogen) atoms. The molecule has 3 aromatic rings. The van der Waals surface area contributed by atoms with Gasteiger partial charge < -0.3 is 30.4 Å². The quantitative estimate of drug-likeness (QED) is 0.123. The summed E-state index contributed by atoms with van der Waals surface area (Å²) in [7, 11) is 0. The summed E-state index contributed by atoms with van der Waals surface area (Å²) >= 11 is 11.5. The Bertz CT molecular complexity index is 1640. The van der Waals surface area contributed by atoms with Crippen molar-refractivity contribution in [3.8, 4) is 0 Å². The molecule has 4 N–H and O–H groups in total. The molecule has 3 amide bonds. The Kier molecular flexibility index (Phi) is 15.9. The number of aliphatic carboxylic acids is 2. The molecule has 0 aromatic heterocycles. The number of benzene rings is 3. The van der Waals surface area contributed by atoms with Crippen molar-refractivity contribution in [3.63, 3.8) is 0 Å². The molecule has 0 bridgehead atoms. The van der Waals surface area contributed by atoms with Crippen LogP contribution in [0.1, 0.15) is 55.7 Å². The lowest BCUT2D eigenvalue weighted by atomic mass is 10.0. The number of aldehydes is 1. The zero-order valence-corrected chi connectivity index (χ0v) is 29.7. The van der Waals surface area contributed by atoms with E-state index >= 15 is 0 Å². The van der Waals surface area contributed by atoms with Crippen molar-refractivity contribution < 1.29 is 43.7 Å². The van der Waals surface area contributed by atoms with Crippen molar-refractivity contribution in [2.24, 2.45) is 5.92 Å². The zero-order valence-electron chi connectivity index (χ0n) is 28.2. The molecule has 1 aliphatic rings. The van der Waals surface area contributed by atoms with E-state index in [2.05, 4.69) is 10.6 Å². The molecular formula is C37H41Cl2N3O9. The van der Waals surface area contributed by atoms with E-state index in [9.17, 15) is 33.9 Å². The SMILES string of the molecule is CC(C)C[C@H](NC(=O)[C@@H]1CCCN1C(=O)OCc1ccccc1)C(=O)N[C@@H](Cc1ccccc1)C(=O)O.O=CC(C(=O)O)c1c(Cl)cccc1Cl. The molecule has 0 radical (unpaired) electrons. The molecule has 12 nitrogen and oxygen atoms in total. The minimum absolute atomic E-state index is 0.0592. The van der Waals surface area contributed by atoms with Gasteiger partial charge in [0.25, 0.3) is 0 Å². The first-order valence-corrected chi connectivity index (χ1v) is 17.0. The number of nitrogens with zero attached hydrogens (tertiary/aromatic N) is 1. The Morgan fingerprint density at radius 3 is 1.96 bits per heavy atom. The fourth-order valence-electron chi connectivity index (χ4n) is 5.41. The molecule has 1 unspecified atom stereocenters. The number of amides is 3. The molecule has 14 heteroatoms. The van der Waals surface area contributed by atoms with Crippen LogP contribution in [0.25, 0.3) is 0 Å². The van der Waals surface area contributed by atoms with Crippen LogP contribution in [0.2, 0.25) is 10.0 Å². The number of carbonyl (C=O) groups is 6. The summed E-state index contributed by atoms with van der Waals surface area (Å²) in [5.74, 6) is -4.70. The Balaban J connectivity index is 0.000000419. The molecule has 4 rings (SSSR count). The maximum absolute atomic E-state index is 13.2. The van der Waals surface area contributed by atoms with Gasteiger partial charge in [0.15, 0.2) is 0 Å². The summed E-state index contributed by atoms with van der Waals surface area (Å²) in [6.07, 6.45) is 1.25. The van der Waals surface area contributed by atoms with Gasteiger partial charge in [-0.1, -0.05) is 104 Å². The second kappa shape index (κ2) is 20.0. The molecular weight excluding hydrogens is 701 g/mol.